The predicted molar refractivity (Wildman–Crippen MR) is 128 cm³/mol. The van der Waals surface area contributed by atoms with E-state index in [4.69, 9.17) is 16.3 Å². The monoisotopic (exact) mass is 443 g/mol. The van der Waals surface area contributed by atoms with E-state index in [0.29, 0.717) is 12.4 Å². The highest BCUT2D eigenvalue weighted by Crippen LogP contribution is 2.33. The van der Waals surface area contributed by atoms with Crippen LogP contribution in [0.25, 0.3) is 5.57 Å². The summed E-state index contributed by atoms with van der Waals surface area (Å²) in [4.78, 5) is 13.9. The molecule has 2 aromatic rings. The van der Waals surface area contributed by atoms with Gasteiger partial charge in [0, 0.05) is 18.1 Å². The summed E-state index contributed by atoms with van der Waals surface area (Å²) in [5.74, 6) is 1.35. The van der Waals surface area contributed by atoms with Crippen LogP contribution in [0.5, 0.6) is 0 Å². The number of halogens is 1. The Morgan fingerprint density at radius 1 is 1.03 bits per heavy atom. The molecule has 0 amide bonds. The Hall–Kier alpha value is -1.75. The number of nitrogens with zero attached hydrogens (tertiary/aromatic N) is 1. The normalized spacial score (nSPS) is 14.5. The fourth-order valence-electron chi connectivity index (χ4n) is 3.84. The molecular weight excluding hydrogens is 414 g/mol. The summed E-state index contributed by atoms with van der Waals surface area (Å²) < 4.78 is 4.97. The number of carbonyl (C=O) groups excluding carboxylic acids is 1. The Morgan fingerprint density at radius 3 is 2.37 bits per heavy atom. The van der Waals surface area contributed by atoms with Gasteiger partial charge in [0.05, 0.1) is 12.4 Å². The van der Waals surface area contributed by atoms with E-state index in [1.807, 2.05) is 19.1 Å². The number of benzene rings is 2. The summed E-state index contributed by atoms with van der Waals surface area (Å²) in [6.07, 6.45) is 3.28. The van der Waals surface area contributed by atoms with Crippen LogP contribution in [0.3, 0.4) is 0 Å². The Bertz CT molecular complexity index is 826. The number of esters is 1. The highest BCUT2D eigenvalue weighted by molar-refractivity contribution is 7.99. The Labute approximate surface area is 189 Å². The Balaban J connectivity index is 1.57. The Morgan fingerprint density at radius 2 is 1.70 bits per heavy atom. The molecule has 1 heterocycles. The number of thioether (sulfide) groups is 1. The number of hydrogen-bond acceptors (Lipinski definition) is 4. The molecule has 0 aliphatic carbocycles. The number of piperidine rings is 1. The van der Waals surface area contributed by atoms with Crippen molar-refractivity contribution in [1.82, 2.24) is 4.90 Å². The number of rotatable bonds is 9. The third-order valence-corrected chi connectivity index (χ3v) is 6.57. The SMILES string of the molecule is CCOC(=O)CSCCCN1CCC(=C(c2ccccc2)c2ccc(Cl)cc2)CC1. The van der Waals surface area contributed by atoms with Gasteiger partial charge in [0.15, 0.2) is 0 Å². The highest BCUT2D eigenvalue weighted by atomic mass is 35.5. The summed E-state index contributed by atoms with van der Waals surface area (Å²) in [7, 11) is 0. The number of ether oxygens (including phenoxy) is 1. The van der Waals surface area contributed by atoms with E-state index in [2.05, 4.69) is 47.4 Å². The van der Waals surface area contributed by atoms with Crippen molar-refractivity contribution in [1.29, 1.82) is 0 Å². The maximum Gasteiger partial charge on any atom is 0.315 e. The fraction of sp³-hybridized carbons (Fsp3) is 0.400. The van der Waals surface area contributed by atoms with Crippen LogP contribution in [0, 0.1) is 0 Å². The molecule has 3 rings (SSSR count). The van der Waals surface area contributed by atoms with Gasteiger partial charge in [0.25, 0.3) is 0 Å². The van der Waals surface area contributed by atoms with Crippen LogP contribution in [0.4, 0.5) is 0 Å². The number of likely N-dealkylation sites (tertiary alicyclic amines) is 1. The van der Waals surface area contributed by atoms with Crippen molar-refractivity contribution in [3.05, 3.63) is 76.3 Å². The minimum absolute atomic E-state index is 0.106. The van der Waals surface area contributed by atoms with Gasteiger partial charge in [-0.3, -0.25) is 4.79 Å². The second kappa shape index (κ2) is 12.2. The molecule has 2 aromatic carbocycles. The molecule has 1 aliphatic heterocycles. The van der Waals surface area contributed by atoms with Gasteiger partial charge in [-0.25, -0.2) is 0 Å². The maximum absolute atomic E-state index is 11.4. The summed E-state index contributed by atoms with van der Waals surface area (Å²) in [5.41, 5.74) is 5.40. The van der Waals surface area contributed by atoms with Gasteiger partial charge in [0.1, 0.15) is 0 Å². The first-order valence-electron chi connectivity index (χ1n) is 10.7. The van der Waals surface area contributed by atoms with Crippen LogP contribution in [0.1, 0.15) is 37.3 Å². The first-order valence-corrected chi connectivity index (χ1v) is 12.2. The topological polar surface area (TPSA) is 29.5 Å². The maximum atomic E-state index is 11.4. The molecule has 0 N–H and O–H groups in total. The van der Waals surface area contributed by atoms with Crippen molar-refractivity contribution in [2.75, 3.05) is 37.7 Å². The van der Waals surface area contributed by atoms with E-state index in [1.54, 1.807) is 11.8 Å². The molecule has 1 fully saturated rings. The summed E-state index contributed by atoms with van der Waals surface area (Å²) >= 11 is 7.79. The standard InChI is InChI=1S/C25H30ClNO2S/c1-2-29-24(28)19-30-18-6-15-27-16-13-22(14-17-27)25(20-7-4-3-5-8-20)21-9-11-23(26)12-10-21/h3-5,7-12H,2,6,13-19H2,1H3. The quantitative estimate of drug-likeness (QED) is 0.355. The van der Waals surface area contributed by atoms with Gasteiger partial charge >= 0.3 is 5.97 Å². The van der Waals surface area contributed by atoms with E-state index in [0.717, 1.165) is 49.7 Å². The van der Waals surface area contributed by atoms with Crippen LogP contribution in [0.2, 0.25) is 5.02 Å². The molecule has 0 aromatic heterocycles. The van der Waals surface area contributed by atoms with Gasteiger partial charge < -0.3 is 9.64 Å². The summed E-state index contributed by atoms with van der Waals surface area (Å²) in [5, 5.41) is 0.770. The summed E-state index contributed by atoms with van der Waals surface area (Å²) in [6.45, 7) is 5.57. The molecule has 160 valence electrons. The summed E-state index contributed by atoms with van der Waals surface area (Å²) in [6, 6.07) is 18.9. The van der Waals surface area contributed by atoms with Crippen molar-refractivity contribution in [3.63, 3.8) is 0 Å². The predicted octanol–water partition coefficient (Wildman–Crippen LogP) is 5.92. The minimum Gasteiger partial charge on any atom is -0.465 e. The lowest BCUT2D eigenvalue weighted by Gasteiger charge is -2.30. The molecule has 30 heavy (non-hydrogen) atoms. The van der Waals surface area contributed by atoms with Gasteiger partial charge in [-0.1, -0.05) is 59.6 Å². The van der Waals surface area contributed by atoms with Crippen LogP contribution >= 0.6 is 23.4 Å². The van der Waals surface area contributed by atoms with E-state index in [9.17, 15) is 4.79 Å². The van der Waals surface area contributed by atoms with Crippen LogP contribution in [-0.2, 0) is 9.53 Å². The molecule has 1 saturated heterocycles. The molecule has 0 bridgehead atoms. The van der Waals surface area contributed by atoms with Crippen LogP contribution in [0.15, 0.2) is 60.2 Å². The van der Waals surface area contributed by atoms with Crippen molar-refractivity contribution in [2.45, 2.75) is 26.2 Å². The molecule has 0 saturated carbocycles. The average Bonchev–Trinajstić information content (AvgIpc) is 2.77. The smallest absolute Gasteiger partial charge is 0.315 e. The van der Waals surface area contributed by atoms with E-state index in [1.165, 1.54) is 22.3 Å². The molecule has 0 atom stereocenters. The second-order valence-corrected chi connectivity index (χ2v) is 8.95. The lowest BCUT2D eigenvalue weighted by atomic mass is 9.88. The first-order chi connectivity index (χ1) is 14.7. The largest absolute Gasteiger partial charge is 0.465 e. The van der Waals surface area contributed by atoms with E-state index < -0.39 is 0 Å². The Kier molecular flexibility index (Phi) is 9.31. The fourth-order valence-corrected chi connectivity index (χ4v) is 4.69. The minimum atomic E-state index is -0.106. The molecule has 1 aliphatic rings. The van der Waals surface area contributed by atoms with Gasteiger partial charge in [-0.05, 0) is 67.3 Å². The zero-order valence-corrected chi connectivity index (χ0v) is 19.2. The molecule has 0 unspecified atom stereocenters. The van der Waals surface area contributed by atoms with E-state index in [-0.39, 0.29) is 5.97 Å². The molecule has 5 heteroatoms. The zero-order valence-electron chi connectivity index (χ0n) is 17.6. The van der Waals surface area contributed by atoms with Gasteiger partial charge in [-0.2, -0.15) is 11.8 Å². The van der Waals surface area contributed by atoms with Crippen molar-refractivity contribution in [2.24, 2.45) is 0 Å². The second-order valence-electron chi connectivity index (χ2n) is 7.40. The molecule has 3 nitrogen and oxygen atoms in total. The lowest BCUT2D eigenvalue weighted by molar-refractivity contribution is -0.139. The van der Waals surface area contributed by atoms with Crippen molar-refractivity contribution >= 4 is 34.9 Å². The lowest BCUT2D eigenvalue weighted by Crippen LogP contribution is -2.32. The molecular formula is C25H30ClNO2S. The van der Waals surface area contributed by atoms with Crippen LogP contribution in [-0.4, -0.2) is 48.6 Å². The average molecular weight is 444 g/mol. The van der Waals surface area contributed by atoms with E-state index >= 15 is 0 Å². The van der Waals surface area contributed by atoms with Gasteiger partial charge in [0.2, 0.25) is 0 Å². The van der Waals surface area contributed by atoms with Crippen molar-refractivity contribution < 1.29 is 9.53 Å². The number of hydrogen-bond donors (Lipinski definition) is 0. The molecule has 0 radical (unpaired) electrons. The third kappa shape index (κ3) is 6.90. The third-order valence-electron chi connectivity index (χ3n) is 5.30. The van der Waals surface area contributed by atoms with Crippen LogP contribution < -0.4 is 0 Å². The first kappa shape index (κ1) is 22.9. The number of carbonyl (C=O) groups is 1. The zero-order chi connectivity index (χ0) is 21.2. The van der Waals surface area contributed by atoms with Gasteiger partial charge in [-0.15, -0.1) is 0 Å². The molecule has 0 spiro atoms. The highest BCUT2D eigenvalue weighted by Gasteiger charge is 2.18. The van der Waals surface area contributed by atoms with Crippen molar-refractivity contribution in [3.8, 4) is 0 Å².